The van der Waals surface area contributed by atoms with Gasteiger partial charge in [-0.3, -0.25) is 0 Å². The molecule has 0 radical (unpaired) electrons. The summed E-state index contributed by atoms with van der Waals surface area (Å²) in [4.78, 5) is 1.73. The molecule has 0 amide bonds. The molecule has 2 nitrogen and oxygen atoms in total. The molecule has 2 rings (SSSR count). The van der Waals surface area contributed by atoms with E-state index in [0.29, 0.717) is 13.2 Å². The molecule has 1 saturated heterocycles. The molecule has 0 aromatic heterocycles. The first-order chi connectivity index (χ1) is 6.38. The summed E-state index contributed by atoms with van der Waals surface area (Å²) >= 11 is 0. The molecule has 0 spiro atoms. The Bertz CT molecular complexity index is 265. The topological polar surface area (TPSA) is 12.5 Å². The minimum Gasteiger partial charge on any atom is -0.375 e. The standard InChI is InChI=1S/C10H12FNO/c11-10-8-13-7-6-12(10)9-4-2-1-3-5-9/h1-5,10H,6-8H2. The largest absolute Gasteiger partial charge is 0.375 e. The highest BCUT2D eigenvalue weighted by molar-refractivity contribution is 5.46. The van der Waals surface area contributed by atoms with Crippen molar-refractivity contribution in [1.82, 2.24) is 0 Å². The average molecular weight is 181 g/mol. The Morgan fingerprint density at radius 3 is 2.77 bits per heavy atom. The molecule has 0 saturated carbocycles. The summed E-state index contributed by atoms with van der Waals surface area (Å²) in [6.07, 6.45) is -1.00. The molecule has 1 aliphatic rings. The number of rotatable bonds is 1. The summed E-state index contributed by atoms with van der Waals surface area (Å²) in [6.45, 7) is 1.41. The Labute approximate surface area is 76.9 Å². The molecule has 1 unspecified atom stereocenters. The number of morpholine rings is 1. The summed E-state index contributed by atoms with van der Waals surface area (Å²) in [6, 6.07) is 9.59. The van der Waals surface area contributed by atoms with Gasteiger partial charge in [-0.1, -0.05) is 18.2 Å². The van der Waals surface area contributed by atoms with Crippen LogP contribution in [0.15, 0.2) is 30.3 Å². The summed E-state index contributed by atoms with van der Waals surface area (Å²) < 4.78 is 18.4. The third kappa shape index (κ3) is 1.80. The van der Waals surface area contributed by atoms with E-state index in [9.17, 15) is 4.39 Å². The van der Waals surface area contributed by atoms with Gasteiger partial charge in [-0.15, -0.1) is 0 Å². The van der Waals surface area contributed by atoms with Crippen LogP contribution in [0.5, 0.6) is 0 Å². The third-order valence-corrected chi connectivity index (χ3v) is 2.16. The van der Waals surface area contributed by atoms with Gasteiger partial charge in [-0.05, 0) is 12.1 Å². The molecule has 1 aromatic rings. The molecule has 1 aromatic carbocycles. The van der Waals surface area contributed by atoms with E-state index in [0.717, 1.165) is 5.69 Å². The number of anilines is 1. The van der Waals surface area contributed by atoms with Gasteiger partial charge in [0.2, 0.25) is 0 Å². The normalized spacial score (nSPS) is 23.2. The molecule has 1 heterocycles. The number of hydrogen-bond acceptors (Lipinski definition) is 2. The highest BCUT2D eigenvalue weighted by Crippen LogP contribution is 2.19. The van der Waals surface area contributed by atoms with Gasteiger partial charge in [-0.2, -0.15) is 0 Å². The van der Waals surface area contributed by atoms with Crippen LogP contribution in [0.2, 0.25) is 0 Å². The fraction of sp³-hybridized carbons (Fsp3) is 0.400. The second-order valence-electron chi connectivity index (χ2n) is 3.04. The second kappa shape index (κ2) is 3.75. The number of para-hydroxylation sites is 1. The molecule has 1 aliphatic heterocycles. The zero-order valence-corrected chi connectivity index (χ0v) is 7.32. The van der Waals surface area contributed by atoms with Crippen LogP contribution in [0.3, 0.4) is 0 Å². The molecule has 3 heteroatoms. The van der Waals surface area contributed by atoms with E-state index in [1.165, 1.54) is 0 Å². The van der Waals surface area contributed by atoms with E-state index in [2.05, 4.69) is 0 Å². The molecule has 0 aliphatic carbocycles. The van der Waals surface area contributed by atoms with Gasteiger partial charge in [-0.25, -0.2) is 4.39 Å². The van der Waals surface area contributed by atoms with Gasteiger partial charge < -0.3 is 9.64 Å². The number of alkyl halides is 1. The SMILES string of the molecule is FC1COCCN1c1ccccc1. The first kappa shape index (κ1) is 8.51. The van der Waals surface area contributed by atoms with E-state index in [1.54, 1.807) is 4.90 Å². The third-order valence-electron chi connectivity index (χ3n) is 2.16. The Kier molecular flexibility index (Phi) is 2.45. The maximum Gasteiger partial charge on any atom is 0.196 e. The van der Waals surface area contributed by atoms with Gasteiger partial charge in [0.15, 0.2) is 6.30 Å². The van der Waals surface area contributed by atoms with Crippen molar-refractivity contribution in [2.45, 2.75) is 6.30 Å². The van der Waals surface area contributed by atoms with Gasteiger partial charge >= 0.3 is 0 Å². The van der Waals surface area contributed by atoms with Crippen LogP contribution in [0.1, 0.15) is 0 Å². The van der Waals surface area contributed by atoms with Crippen molar-refractivity contribution in [2.24, 2.45) is 0 Å². The Balaban J connectivity index is 2.15. The molecule has 13 heavy (non-hydrogen) atoms. The van der Waals surface area contributed by atoms with Gasteiger partial charge in [0.25, 0.3) is 0 Å². The van der Waals surface area contributed by atoms with Crippen molar-refractivity contribution in [1.29, 1.82) is 0 Å². The predicted molar refractivity (Wildman–Crippen MR) is 49.5 cm³/mol. The number of nitrogens with zero attached hydrogens (tertiary/aromatic N) is 1. The fourth-order valence-electron chi connectivity index (χ4n) is 1.48. The van der Waals surface area contributed by atoms with E-state index in [4.69, 9.17) is 4.74 Å². The quantitative estimate of drug-likeness (QED) is 0.613. The molecular formula is C10H12FNO. The minimum atomic E-state index is -1.00. The Hall–Kier alpha value is -1.09. The number of halogens is 1. The first-order valence-electron chi connectivity index (χ1n) is 4.41. The number of ether oxygens (including phenoxy) is 1. The van der Waals surface area contributed by atoms with Gasteiger partial charge in [0, 0.05) is 12.2 Å². The van der Waals surface area contributed by atoms with Crippen LogP contribution in [0.25, 0.3) is 0 Å². The molecular weight excluding hydrogens is 169 g/mol. The van der Waals surface area contributed by atoms with Gasteiger partial charge in [0.1, 0.15) is 0 Å². The van der Waals surface area contributed by atoms with Crippen molar-refractivity contribution < 1.29 is 9.13 Å². The van der Waals surface area contributed by atoms with Crippen LogP contribution in [-0.2, 0) is 4.74 Å². The lowest BCUT2D eigenvalue weighted by atomic mass is 10.2. The lowest BCUT2D eigenvalue weighted by Gasteiger charge is -2.32. The van der Waals surface area contributed by atoms with E-state index in [1.807, 2.05) is 30.3 Å². The van der Waals surface area contributed by atoms with Crippen LogP contribution in [-0.4, -0.2) is 26.1 Å². The molecule has 1 fully saturated rings. The van der Waals surface area contributed by atoms with Crippen molar-refractivity contribution in [3.05, 3.63) is 30.3 Å². The van der Waals surface area contributed by atoms with E-state index < -0.39 is 6.30 Å². The zero-order chi connectivity index (χ0) is 9.10. The summed E-state index contributed by atoms with van der Waals surface area (Å²) in [5, 5.41) is 0. The van der Waals surface area contributed by atoms with Crippen molar-refractivity contribution in [2.75, 3.05) is 24.7 Å². The molecule has 1 atom stereocenters. The summed E-state index contributed by atoms with van der Waals surface area (Å²) in [5.74, 6) is 0. The summed E-state index contributed by atoms with van der Waals surface area (Å²) in [7, 11) is 0. The maximum atomic E-state index is 13.3. The highest BCUT2D eigenvalue weighted by Gasteiger charge is 2.21. The Morgan fingerprint density at radius 1 is 1.31 bits per heavy atom. The van der Waals surface area contributed by atoms with Crippen LogP contribution < -0.4 is 4.90 Å². The van der Waals surface area contributed by atoms with Crippen LogP contribution in [0.4, 0.5) is 10.1 Å². The molecule has 0 bridgehead atoms. The second-order valence-corrected chi connectivity index (χ2v) is 3.04. The monoisotopic (exact) mass is 181 g/mol. The van der Waals surface area contributed by atoms with Crippen LogP contribution in [0, 0.1) is 0 Å². The molecule has 70 valence electrons. The molecule has 0 N–H and O–H groups in total. The van der Waals surface area contributed by atoms with Crippen molar-refractivity contribution >= 4 is 5.69 Å². The number of hydrogen-bond donors (Lipinski definition) is 0. The highest BCUT2D eigenvalue weighted by atomic mass is 19.1. The fourth-order valence-corrected chi connectivity index (χ4v) is 1.48. The number of benzene rings is 1. The first-order valence-corrected chi connectivity index (χ1v) is 4.41. The maximum absolute atomic E-state index is 13.3. The smallest absolute Gasteiger partial charge is 0.196 e. The lowest BCUT2D eigenvalue weighted by molar-refractivity contribution is 0.0497. The lowest BCUT2D eigenvalue weighted by Crippen LogP contribution is -2.42. The minimum absolute atomic E-state index is 0.175. The van der Waals surface area contributed by atoms with Crippen LogP contribution >= 0.6 is 0 Å². The van der Waals surface area contributed by atoms with Gasteiger partial charge in [0.05, 0.1) is 13.2 Å². The van der Waals surface area contributed by atoms with E-state index >= 15 is 0 Å². The predicted octanol–water partition coefficient (Wildman–Crippen LogP) is 1.82. The average Bonchev–Trinajstić information content (AvgIpc) is 2.20. The summed E-state index contributed by atoms with van der Waals surface area (Å²) in [5.41, 5.74) is 0.929. The Morgan fingerprint density at radius 2 is 2.08 bits per heavy atom. The zero-order valence-electron chi connectivity index (χ0n) is 7.32. The van der Waals surface area contributed by atoms with Crippen molar-refractivity contribution in [3.8, 4) is 0 Å². The van der Waals surface area contributed by atoms with Crippen molar-refractivity contribution in [3.63, 3.8) is 0 Å². The van der Waals surface area contributed by atoms with E-state index in [-0.39, 0.29) is 6.61 Å².